The van der Waals surface area contributed by atoms with Gasteiger partial charge in [-0.3, -0.25) is 4.79 Å². The fourth-order valence-corrected chi connectivity index (χ4v) is 2.18. The van der Waals surface area contributed by atoms with E-state index in [1.165, 1.54) is 0 Å². The molecule has 0 aliphatic carbocycles. The molecule has 4 heteroatoms. The summed E-state index contributed by atoms with van der Waals surface area (Å²) >= 11 is 0. The molecule has 4 nitrogen and oxygen atoms in total. The lowest BCUT2D eigenvalue weighted by Gasteiger charge is -2.18. The zero-order valence-electron chi connectivity index (χ0n) is 10.6. The molecule has 0 radical (unpaired) electrons. The SMILES string of the molecule is CCC1OCCC1C(=O)NCC(C)CNC. The Hall–Kier alpha value is -0.610. The van der Waals surface area contributed by atoms with Crippen molar-refractivity contribution < 1.29 is 9.53 Å². The van der Waals surface area contributed by atoms with Crippen molar-refractivity contribution in [3.63, 3.8) is 0 Å². The van der Waals surface area contributed by atoms with E-state index < -0.39 is 0 Å². The predicted molar refractivity (Wildman–Crippen MR) is 64.2 cm³/mol. The molecule has 16 heavy (non-hydrogen) atoms. The molecule has 0 aromatic heterocycles. The second-order valence-electron chi connectivity index (χ2n) is 4.62. The first kappa shape index (κ1) is 13.5. The van der Waals surface area contributed by atoms with E-state index in [0.29, 0.717) is 5.92 Å². The molecular formula is C12H24N2O2. The first-order chi connectivity index (χ1) is 7.69. The lowest BCUT2D eigenvalue weighted by atomic mass is 9.98. The highest BCUT2D eigenvalue weighted by atomic mass is 16.5. The van der Waals surface area contributed by atoms with Gasteiger partial charge in [0.25, 0.3) is 0 Å². The van der Waals surface area contributed by atoms with E-state index in [-0.39, 0.29) is 17.9 Å². The molecule has 0 spiro atoms. The van der Waals surface area contributed by atoms with Crippen molar-refractivity contribution >= 4 is 5.91 Å². The minimum Gasteiger partial charge on any atom is -0.377 e. The Morgan fingerprint density at radius 3 is 2.88 bits per heavy atom. The highest BCUT2D eigenvalue weighted by Gasteiger charge is 2.32. The van der Waals surface area contributed by atoms with Crippen molar-refractivity contribution in [1.82, 2.24) is 10.6 Å². The highest BCUT2D eigenvalue weighted by Crippen LogP contribution is 2.23. The van der Waals surface area contributed by atoms with Crippen LogP contribution in [0.2, 0.25) is 0 Å². The molecule has 0 aromatic rings. The van der Waals surface area contributed by atoms with Gasteiger partial charge in [0.1, 0.15) is 0 Å². The van der Waals surface area contributed by atoms with Crippen LogP contribution in [0.3, 0.4) is 0 Å². The fraction of sp³-hybridized carbons (Fsp3) is 0.917. The number of hydrogen-bond acceptors (Lipinski definition) is 3. The number of ether oxygens (including phenoxy) is 1. The van der Waals surface area contributed by atoms with Gasteiger partial charge in [-0.2, -0.15) is 0 Å². The summed E-state index contributed by atoms with van der Waals surface area (Å²) in [5.41, 5.74) is 0. The van der Waals surface area contributed by atoms with Crippen molar-refractivity contribution in [3.05, 3.63) is 0 Å². The van der Waals surface area contributed by atoms with Crippen LogP contribution in [0.1, 0.15) is 26.7 Å². The molecule has 3 unspecified atom stereocenters. The van der Waals surface area contributed by atoms with Crippen LogP contribution < -0.4 is 10.6 Å². The van der Waals surface area contributed by atoms with Gasteiger partial charge >= 0.3 is 0 Å². The first-order valence-electron chi connectivity index (χ1n) is 6.23. The Balaban J connectivity index is 2.29. The number of rotatable bonds is 6. The average Bonchev–Trinajstić information content (AvgIpc) is 2.74. The molecule has 3 atom stereocenters. The number of nitrogens with one attached hydrogen (secondary N) is 2. The van der Waals surface area contributed by atoms with E-state index in [1.807, 2.05) is 7.05 Å². The summed E-state index contributed by atoms with van der Waals surface area (Å²) in [6.07, 6.45) is 1.91. The largest absolute Gasteiger partial charge is 0.377 e. The third-order valence-corrected chi connectivity index (χ3v) is 3.13. The lowest BCUT2D eigenvalue weighted by Crippen LogP contribution is -2.38. The van der Waals surface area contributed by atoms with Crippen LogP contribution in [0.25, 0.3) is 0 Å². The maximum Gasteiger partial charge on any atom is 0.225 e. The smallest absolute Gasteiger partial charge is 0.225 e. The van der Waals surface area contributed by atoms with Crippen molar-refractivity contribution in [2.75, 3.05) is 26.7 Å². The van der Waals surface area contributed by atoms with E-state index in [4.69, 9.17) is 4.74 Å². The zero-order chi connectivity index (χ0) is 12.0. The number of amides is 1. The van der Waals surface area contributed by atoms with Crippen molar-refractivity contribution in [1.29, 1.82) is 0 Å². The van der Waals surface area contributed by atoms with Gasteiger partial charge in [0.15, 0.2) is 0 Å². The maximum atomic E-state index is 11.9. The molecule has 1 saturated heterocycles. The average molecular weight is 228 g/mol. The summed E-state index contributed by atoms with van der Waals surface area (Å²) in [6, 6.07) is 0. The quantitative estimate of drug-likeness (QED) is 0.706. The molecule has 1 heterocycles. The Morgan fingerprint density at radius 2 is 2.25 bits per heavy atom. The van der Waals surface area contributed by atoms with Gasteiger partial charge in [0.2, 0.25) is 5.91 Å². The Labute approximate surface area is 98.1 Å². The van der Waals surface area contributed by atoms with Crippen LogP contribution in [0, 0.1) is 11.8 Å². The summed E-state index contributed by atoms with van der Waals surface area (Å²) < 4.78 is 5.52. The van der Waals surface area contributed by atoms with Crippen molar-refractivity contribution in [2.45, 2.75) is 32.8 Å². The zero-order valence-corrected chi connectivity index (χ0v) is 10.6. The third-order valence-electron chi connectivity index (χ3n) is 3.13. The van der Waals surface area contributed by atoms with E-state index in [9.17, 15) is 4.79 Å². The van der Waals surface area contributed by atoms with Crippen LogP contribution in [-0.4, -0.2) is 38.8 Å². The molecule has 1 aliphatic heterocycles. The summed E-state index contributed by atoms with van der Waals surface area (Å²) in [7, 11) is 1.93. The molecule has 94 valence electrons. The molecule has 1 rings (SSSR count). The predicted octanol–water partition coefficient (Wildman–Crippen LogP) is 0.773. The number of carbonyl (C=O) groups excluding carboxylic acids is 1. The van der Waals surface area contributed by atoms with E-state index in [1.54, 1.807) is 0 Å². The first-order valence-corrected chi connectivity index (χ1v) is 6.23. The van der Waals surface area contributed by atoms with Crippen molar-refractivity contribution in [2.24, 2.45) is 11.8 Å². The monoisotopic (exact) mass is 228 g/mol. The van der Waals surface area contributed by atoms with Crippen LogP contribution in [0.15, 0.2) is 0 Å². The Bertz CT molecular complexity index is 221. The van der Waals surface area contributed by atoms with Gasteiger partial charge in [0, 0.05) is 13.2 Å². The molecule has 1 amide bonds. The Morgan fingerprint density at radius 1 is 1.50 bits per heavy atom. The van der Waals surface area contributed by atoms with Gasteiger partial charge in [-0.25, -0.2) is 0 Å². The molecule has 0 bridgehead atoms. The summed E-state index contributed by atoms with van der Waals surface area (Å²) in [6.45, 7) is 6.59. The standard InChI is InChI=1S/C12H24N2O2/c1-4-11-10(5-6-16-11)12(15)14-8-9(2)7-13-3/h9-11,13H,4-8H2,1-3H3,(H,14,15). The van der Waals surface area contributed by atoms with E-state index in [2.05, 4.69) is 24.5 Å². The highest BCUT2D eigenvalue weighted by molar-refractivity contribution is 5.79. The molecule has 0 saturated carbocycles. The Kier molecular flexibility index (Phi) is 5.77. The number of carbonyl (C=O) groups is 1. The molecule has 2 N–H and O–H groups in total. The molecule has 1 fully saturated rings. The minimum absolute atomic E-state index is 0.0618. The van der Waals surface area contributed by atoms with Crippen molar-refractivity contribution in [3.8, 4) is 0 Å². The third kappa shape index (κ3) is 3.76. The maximum absolute atomic E-state index is 11.9. The second-order valence-corrected chi connectivity index (χ2v) is 4.62. The molecular weight excluding hydrogens is 204 g/mol. The minimum atomic E-state index is 0.0618. The summed E-state index contributed by atoms with van der Waals surface area (Å²) in [5.74, 6) is 0.690. The van der Waals surface area contributed by atoms with Gasteiger partial charge in [-0.1, -0.05) is 13.8 Å². The van der Waals surface area contributed by atoms with Gasteiger partial charge in [-0.15, -0.1) is 0 Å². The summed E-state index contributed by atoms with van der Waals surface area (Å²) in [4.78, 5) is 11.9. The van der Waals surface area contributed by atoms with Gasteiger partial charge in [-0.05, 0) is 32.4 Å². The van der Waals surface area contributed by atoms with Crippen LogP contribution >= 0.6 is 0 Å². The topological polar surface area (TPSA) is 50.4 Å². The summed E-state index contributed by atoms with van der Waals surface area (Å²) in [5, 5.41) is 6.12. The second kappa shape index (κ2) is 6.86. The van der Waals surface area contributed by atoms with Crippen LogP contribution in [0.4, 0.5) is 0 Å². The van der Waals surface area contributed by atoms with Gasteiger partial charge in [0.05, 0.1) is 12.0 Å². The molecule has 0 aromatic carbocycles. The lowest BCUT2D eigenvalue weighted by molar-refractivity contribution is -0.126. The molecule has 1 aliphatic rings. The fourth-order valence-electron chi connectivity index (χ4n) is 2.18. The van der Waals surface area contributed by atoms with Crippen LogP contribution in [0.5, 0.6) is 0 Å². The van der Waals surface area contributed by atoms with E-state index in [0.717, 1.165) is 32.5 Å². The number of hydrogen-bond donors (Lipinski definition) is 2. The van der Waals surface area contributed by atoms with Crippen LogP contribution in [-0.2, 0) is 9.53 Å². The normalized spacial score (nSPS) is 26.7. The van der Waals surface area contributed by atoms with E-state index >= 15 is 0 Å². The van der Waals surface area contributed by atoms with Gasteiger partial charge < -0.3 is 15.4 Å².